The second-order valence-electron chi connectivity index (χ2n) is 3.91. The second-order valence-corrected chi connectivity index (χ2v) is 3.91. The monoisotopic (exact) mass is 189 g/mol. The van der Waals surface area contributed by atoms with Crippen LogP contribution >= 0.6 is 0 Å². The molecule has 0 aliphatic rings. The summed E-state index contributed by atoms with van der Waals surface area (Å²) in [4.78, 5) is 0. The molecule has 0 rings (SSSR count). The molecule has 0 aliphatic carbocycles. The highest BCUT2D eigenvalue weighted by Gasteiger charge is 2.16. The quantitative estimate of drug-likeness (QED) is 0.661. The van der Waals surface area contributed by atoms with Crippen LogP contribution in [0.5, 0.6) is 0 Å². The molecule has 0 radical (unpaired) electrons. The summed E-state index contributed by atoms with van der Waals surface area (Å²) < 4.78 is 10.6. The number of hydrogen-bond acceptors (Lipinski definition) is 3. The van der Waals surface area contributed by atoms with E-state index in [1.807, 2.05) is 13.8 Å². The van der Waals surface area contributed by atoms with Gasteiger partial charge in [-0.3, -0.25) is 0 Å². The van der Waals surface area contributed by atoms with Gasteiger partial charge in [-0.05, 0) is 26.7 Å². The lowest BCUT2D eigenvalue weighted by Crippen LogP contribution is -2.41. The Hall–Kier alpha value is -0.120. The Kier molecular flexibility index (Phi) is 6.29. The minimum atomic E-state index is -0.193. The minimum Gasteiger partial charge on any atom is -0.385 e. The van der Waals surface area contributed by atoms with Crippen molar-refractivity contribution in [3.63, 3.8) is 0 Å². The third-order valence-corrected chi connectivity index (χ3v) is 2.23. The summed E-state index contributed by atoms with van der Waals surface area (Å²) >= 11 is 0. The highest BCUT2D eigenvalue weighted by Crippen LogP contribution is 2.08. The zero-order chi connectivity index (χ0) is 10.3. The molecule has 2 N–H and O–H groups in total. The molecule has 0 bridgehead atoms. The van der Waals surface area contributed by atoms with Gasteiger partial charge in [-0.2, -0.15) is 0 Å². The van der Waals surface area contributed by atoms with E-state index in [0.29, 0.717) is 6.61 Å². The Morgan fingerprint density at radius 3 is 2.54 bits per heavy atom. The van der Waals surface area contributed by atoms with Crippen molar-refractivity contribution >= 4 is 0 Å². The summed E-state index contributed by atoms with van der Waals surface area (Å²) in [6.45, 7) is 7.49. The molecule has 3 nitrogen and oxygen atoms in total. The predicted molar refractivity (Wildman–Crippen MR) is 54.8 cm³/mol. The van der Waals surface area contributed by atoms with Crippen LogP contribution in [0.15, 0.2) is 0 Å². The Balaban J connectivity index is 3.51. The topological polar surface area (TPSA) is 44.5 Å². The first-order valence-electron chi connectivity index (χ1n) is 4.91. The maximum absolute atomic E-state index is 5.94. The zero-order valence-corrected chi connectivity index (χ0v) is 9.30. The van der Waals surface area contributed by atoms with Crippen molar-refractivity contribution in [2.45, 2.75) is 45.3 Å². The number of rotatable bonds is 7. The first kappa shape index (κ1) is 12.9. The molecule has 2 atom stereocenters. The largest absolute Gasteiger partial charge is 0.385 e. The van der Waals surface area contributed by atoms with Crippen molar-refractivity contribution in [1.82, 2.24) is 0 Å². The lowest BCUT2D eigenvalue weighted by atomic mass is 10.0. The van der Waals surface area contributed by atoms with Gasteiger partial charge in [0.15, 0.2) is 0 Å². The molecular weight excluding hydrogens is 166 g/mol. The molecule has 0 spiro atoms. The Labute approximate surface area is 81.6 Å². The van der Waals surface area contributed by atoms with Gasteiger partial charge < -0.3 is 15.2 Å². The normalized spacial score (nSPS) is 18.2. The van der Waals surface area contributed by atoms with Crippen LogP contribution in [0, 0.1) is 0 Å². The van der Waals surface area contributed by atoms with Crippen LogP contribution in [0.1, 0.15) is 33.6 Å². The Bertz CT molecular complexity index is 126. The molecule has 0 aliphatic heterocycles. The van der Waals surface area contributed by atoms with E-state index < -0.39 is 0 Å². The molecule has 0 saturated carbocycles. The van der Waals surface area contributed by atoms with E-state index in [0.717, 1.165) is 19.4 Å². The summed E-state index contributed by atoms with van der Waals surface area (Å²) in [6, 6.07) is 0. The SMILES string of the molecule is CCC(C)(N)COC(C)CCOC. The van der Waals surface area contributed by atoms with E-state index in [2.05, 4.69) is 6.92 Å². The van der Waals surface area contributed by atoms with Gasteiger partial charge in [0.2, 0.25) is 0 Å². The maximum atomic E-state index is 5.94. The molecule has 0 aromatic rings. The number of nitrogens with two attached hydrogens (primary N) is 1. The van der Waals surface area contributed by atoms with Crippen LogP contribution in [-0.2, 0) is 9.47 Å². The maximum Gasteiger partial charge on any atom is 0.0646 e. The average Bonchev–Trinajstić information content (AvgIpc) is 2.11. The van der Waals surface area contributed by atoms with Crippen molar-refractivity contribution in [2.75, 3.05) is 20.3 Å². The van der Waals surface area contributed by atoms with Gasteiger partial charge in [0.1, 0.15) is 0 Å². The number of ether oxygens (including phenoxy) is 2. The van der Waals surface area contributed by atoms with Crippen molar-refractivity contribution < 1.29 is 9.47 Å². The molecular formula is C10H23NO2. The van der Waals surface area contributed by atoms with Crippen LogP contribution in [0.4, 0.5) is 0 Å². The first-order chi connectivity index (χ1) is 6.02. The third kappa shape index (κ3) is 6.99. The lowest BCUT2D eigenvalue weighted by Gasteiger charge is -2.24. The average molecular weight is 189 g/mol. The molecule has 0 aromatic heterocycles. The summed E-state index contributed by atoms with van der Waals surface area (Å²) in [5.41, 5.74) is 5.74. The molecule has 0 aromatic carbocycles. The molecule has 0 saturated heterocycles. The number of methoxy groups -OCH3 is 1. The molecule has 80 valence electrons. The van der Waals surface area contributed by atoms with Gasteiger partial charge in [-0.15, -0.1) is 0 Å². The molecule has 13 heavy (non-hydrogen) atoms. The van der Waals surface area contributed by atoms with Gasteiger partial charge in [0.05, 0.1) is 12.7 Å². The zero-order valence-electron chi connectivity index (χ0n) is 9.30. The summed E-state index contributed by atoms with van der Waals surface area (Å²) in [6.07, 6.45) is 2.09. The fourth-order valence-corrected chi connectivity index (χ4v) is 0.802. The van der Waals surface area contributed by atoms with Crippen LogP contribution < -0.4 is 5.73 Å². The van der Waals surface area contributed by atoms with E-state index in [1.165, 1.54) is 0 Å². The summed E-state index contributed by atoms with van der Waals surface area (Å²) in [7, 11) is 1.70. The molecule has 3 heteroatoms. The van der Waals surface area contributed by atoms with E-state index in [1.54, 1.807) is 7.11 Å². The van der Waals surface area contributed by atoms with E-state index in [4.69, 9.17) is 15.2 Å². The molecule has 2 unspecified atom stereocenters. The van der Waals surface area contributed by atoms with E-state index in [-0.39, 0.29) is 11.6 Å². The number of hydrogen-bond donors (Lipinski definition) is 1. The van der Waals surface area contributed by atoms with E-state index >= 15 is 0 Å². The van der Waals surface area contributed by atoms with Crippen LogP contribution in [0.25, 0.3) is 0 Å². The lowest BCUT2D eigenvalue weighted by molar-refractivity contribution is 0.0152. The van der Waals surface area contributed by atoms with Crippen LogP contribution in [-0.4, -0.2) is 32.0 Å². The van der Waals surface area contributed by atoms with Crippen molar-refractivity contribution in [3.8, 4) is 0 Å². The van der Waals surface area contributed by atoms with E-state index in [9.17, 15) is 0 Å². The predicted octanol–water partition coefficient (Wildman–Crippen LogP) is 1.56. The smallest absolute Gasteiger partial charge is 0.0646 e. The second kappa shape index (κ2) is 6.35. The summed E-state index contributed by atoms with van der Waals surface area (Å²) in [5, 5.41) is 0. The first-order valence-corrected chi connectivity index (χ1v) is 4.91. The highest BCUT2D eigenvalue weighted by atomic mass is 16.5. The van der Waals surface area contributed by atoms with Gasteiger partial charge in [-0.25, -0.2) is 0 Å². The van der Waals surface area contributed by atoms with Crippen LogP contribution in [0.2, 0.25) is 0 Å². The molecule has 0 fully saturated rings. The highest BCUT2D eigenvalue weighted by molar-refractivity contribution is 4.76. The standard InChI is InChI=1S/C10H23NO2/c1-5-10(3,11)8-13-9(2)6-7-12-4/h9H,5-8,11H2,1-4H3. The van der Waals surface area contributed by atoms with Gasteiger partial charge >= 0.3 is 0 Å². The fourth-order valence-electron chi connectivity index (χ4n) is 0.802. The Morgan fingerprint density at radius 1 is 1.46 bits per heavy atom. The van der Waals surface area contributed by atoms with Gasteiger partial charge in [0.25, 0.3) is 0 Å². The van der Waals surface area contributed by atoms with Gasteiger partial charge in [0, 0.05) is 19.3 Å². The van der Waals surface area contributed by atoms with Crippen molar-refractivity contribution in [2.24, 2.45) is 5.73 Å². The van der Waals surface area contributed by atoms with Crippen molar-refractivity contribution in [1.29, 1.82) is 0 Å². The third-order valence-electron chi connectivity index (χ3n) is 2.23. The molecule has 0 heterocycles. The molecule has 0 amide bonds. The fraction of sp³-hybridized carbons (Fsp3) is 1.00. The minimum absolute atomic E-state index is 0.193. The van der Waals surface area contributed by atoms with Gasteiger partial charge in [-0.1, -0.05) is 6.92 Å². The van der Waals surface area contributed by atoms with Crippen molar-refractivity contribution in [3.05, 3.63) is 0 Å². The van der Waals surface area contributed by atoms with Crippen LogP contribution in [0.3, 0.4) is 0 Å². The summed E-state index contributed by atoms with van der Waals surface area (Å²) in [5.74, 6) is 0. The Morgan fingerprint density at radius 2 is 2.08 bits per heavy atom.